The van der Waals surface area contributed by atoms with Gasteiger partial charge < -0.3 is 4.74 Å². The van der Waals surface area contributed by atoms with Crippen molar-refractivity contribution in [1.29, 1.82) is 0 Å². The lowest BCUT2D eigenvalue weighted by Crippen LogP contribution is -2.49. The highest BCUT2D eigenvalue weighted by atomic mass is 16.5. The molecule has 18 heavy (non-hydrogen) atoms. The van der Waals surface area contributed by atoms with Gasteiger partial charge in [-0.1, -0.05) is 6.92 Å². The minimum absolute atomic E-state index is 0.223. The Morgan fingerprint density at radius 2 is 2.00 bits per heavy atom. The molecule has 0 aromatic heterocycles. The molecule has 2 rings (SSSR count). The average Bonchev–Trinajstić information content (AvgIpc) is 2.37. The first-order valence-corrected chi connectivity index (χ1v) is 6.05. The summed E-state index contributed by atoms with van der Waals surface area (Å²) in [5, 5.41) is 2.29. The van der Waals surface area contributed by atoms with Crippen LogP contribution in [0.3, 0.4) is 0 Å². The van der Waals surface area contributed by atoms with Gasteiger partial charge in [0.15, 0.2) is 0 Å². The SMILES string of the molecule is CCCOc1ccc(N2CCC(=O)NC2=O)cc1. The van der Waals surface area contributed by atoms with E-state index in [1.165, 1.54) is 0 Å². The summed E-state index contributed by atoms with van der Waals surface area (Å²) >= 11 is 0. The van der Waals surface area contributed by atoms with Crippen LogP contribution in [0.5, 0.6) is 5.75 Å². The fourth-order valence-corrected chi connectivity index (χ4v) is 1.75. The number of rotatable bonds is 4. The van der Waals surface area contributed by atoms with Crippen LogP contribution in [-0.2, 0) is 4.79 Å². The third-order valence-electron chi connectivity index (χ3n) is 2.68. The van der Waals surface area contributed by atoms with E-state index in [9.17, 15) is 9.59 Å². The molecule has 0 aliphatic carbocycles. The maximum Gasteiger partial charge on any atom is 0.328 e. The summed E-state index contributed by atoms with van der Waals surface area (Å²) in [4.78, 5) is 24.2. The van der Waals surface area contributed by atoms with Gasteiger partial charge in [-0.25, -0.2) is 4.79 Å². The molecule has 1 aromatic rings. The number of carbonyl (C=O) groups is 2. The number of nitrogens with one attached hydrogen (secondary N) is 1. The van der Waals surface area contributed by atoms with Gasteiger partial charge >= 0.3 is 6.03 Å². The normalized spacial score (nSPS) is 15.5. The van der Waals surface area contributed by atoms with Crippen LogP contribution >= 0.6 is 0 Å². The lowest BCUT2D eigenvalue weighted by atomic mass is 10.2. The molecular weight excluding hydrogens is 232 g/mol. The van der Waals surface area contributed by atoms with Gasteiger partial charge in [0.25, 0.3) is 0 Å². The topological polar surface area (TPSA) is 58.6 Å². The van der Waals surface area contributed by atoms with Crippen LogP contribution in [0.2, 0.25) is 0 Å². The van der Waals surface area contributed by atoms with Crippen molar-refractivity contribution in [2.75, 3.05) is 18.1 Å². The summed E-state index contributed by atoms with van der Waals surface area (Å²) in [6, 6.07) is 6.93. The maximum absolute atomic E-state index is 11.6. The predicted molar refractivity (Wildman–Crippen MR) is 67.7 cm³/mol. The van der Waals surface area contributed by atoms with E-state index in [1.807, 2.05) is 31.2 Å². The molecule has 1 aliphatic heterocycles. The first kappa shape index (κ1) is 12.4. The van der Waals surface area contributed by atoms with Gasteiger partial charge in [0, 0.05) is 18.7 Å². The maximum atomic E-state index is 11.6. The van der Waals surface area contributed by atoms with Gasteiger partial charge in [-0.2, -0.15) is 0 Å². The lowest BCUT2D eigenvalue weighted by molar-refractivity contribution is -0.120. The van der Waals surface area contributed by atoms with Crippen LogP contribution in [-0.4, -0.2) is 25.1 Å². The van der Waals surface area contributed by atoms with Crippen molar-refractivity contribution in [3.05, 3.63) is 24.3 Å². The molecule has 0 atom stereocenters. The van der Waals surface area contributed by atoms with Crippen LogP contribution in [0, 0.1) is 0 Å². The van der Waals surface area contributed by atoms with Crippen LogP contribution < -0.4 is 15.0 Å². The molecule has 1 heterocycles. The molecule has 96 valence electrons. The summed E-state index contributed by atoms with van der Waals surface area (Å²) in [6.07, 6.45) is 1.29. The van der Waals surface area contributed by atoms with Gasteiger partial charge in [-0.05, 0) is 30.7 Å². The molecular formula is C13H16N2O3. The van der Waals surface area contributed by atoms with Gasteiger partial charge in [0.1, 0.15) is 5.75 Å². The third-order valence-corrected chi connectivity index (χ3v) is 2.68. The third kappa shape index (κ3) is 2.80. The highest BCUT2D eigenvalue weighted by molar-refractivity contribution is 6.05. The fraction of sp³-hybridized carbons (Fsp3) is 0.385. The molecule has 0 unspecified atom stereocenters. The number of hydrogen-bond acceptors (Lipinski definition) is 3. The van der Waals surface area contributed by atoms with Crippen molar-refractivity contribution in [2.45, 2.75) is 19.8 Å². The lowest BCUT2D eigenvalue weighted by Gasteiger charge is -2.26. The summed E-state index contributed by atoms with van der Waals surface area (Å²) in [5.41, 5.74) is 0.767. The highest BCUT2D eigenvalue weighted by Gasteiger charge is 2.23. The second-order valence-electron chi connectivity index (χ2n) is 4.10. The Labute approximate surface area is 106 Å². The largest absolute Gasteiger partial charge is 0.494 e. The monoisotopic (exact) mass is 248 g/mol. The number of ether oxygens (including phenoxy) is 1. The first-order valence-electron chi connectivity index (χ1n) is 6.05. The molecule has 0 saturated carbocycles. The van der Waals surface area contributed by atoms with Crippen molar-refractivity contribution < 1.29 is 14.3 Å². The second-order valence-corrected chi connectivity index (χ2v) is 4.10. The zero-order valence-corrected chi connectivity index (χ0v) is 10.3. The number of carbonyl (C=O) groups excluding carboxylic acids is 2. The number of nitrogens with zero attached hydrogens (tertiary/aromatic N) is 1. The number of anilines is 1. The summed E-state index contributed by atoms with van der Waals surface area (Å²) < 4.78 is 5.47. The van der Waals surface area contributed by atoms with Gasteiger partial charge in [-0.15, -0.1) is 0 Å². The zero-order chi connectivity index (χ0) is 13.0. The van der Waals surface area contributed by atoms with E-state index in [0.29, 0.717) is 19.6 Å². The molecule has 0 spiro atoms. The van der Waals surface area contributed by atoms with E-state index in [4.69, 9.17) is 4.74 Å². The van der Waals surface area contributed by atoms with Crippen LogP contribution in [0.4, 0.5) is 10.5 Å². The summed E-state index contributed by atoms with van der Waals surface area (Å²) in [5.74, 6) is 0.563. The minimum atomic E-state index is -0.367. The highest BCUT2D eigenvalue weighted by Crippen LogP contribution is 2.21. The van der Waals surface area contributed by atoms with Crippen LogP contribution in [0.15, 0.2) is 24.3 Å². The van der Waals surface area contributed by atoms with Crippen molar-refractivity contribution in [3.8, 4) is 5.75 Å². The molecule has 1 aliphatic rings. The number of amides is 3. The first-order chi connectivity index (χ1) is 8.70. The molecule has 0 bridgehead atoms. The van der Waals surface area contributed by atoms with E-state index in [1.54, 1.807) is 4.90 Å². The Hall–Kier alpha value is -2.04. The van der Waals surface area contributed by atoms with E-state index < -0.39 is 0 Å². The van der Waals surface area contributed by atoms with Crippen LogP contribution in [0.1, 0.15) is 19.8 Å². The Bertz CT molecular complexity index is 442. The molecule has 3 amide bonds. The molecule has 1 saturated heterocycles. The Balaban J connectivity index is 2.05. The average molecular weight is 248 g/mol. The van der Waals surface area contributed by atoms with Crippen LogP contribution in [0.25, 0.3) is 0 Å². The second kappa shape index (κ2) is 5.53. The standard InChI is InChI=1S/C13H16N2O3/c1-2-9-18-11-5-3-10(4-6-11)15-8-7-12(16)14-13(15)17/h3-6H,2,7-9H2,1H3,(H,14,16,17). The van der Waals surface area contributed by atoms with Gasteiger partial charge in [-0.3, -0.25) is 15.0 Å². The fourth-order valence-electron chi connectivity index (χ4n) is 1.75. The van der Waals surface area contributed by atoms with Crippen molar-refractivity contribution in [2.24, 2.45) is 0 Å². The zero-order valence-electron chi connectivity index (χ0n) is 10.3. The number of urea groups is 1. The van der Waals surface area contributed by atoms with E-state index in [-0.39, 0.29) is 11.9 Å². The molecule has 0 radical (unpaired) electrons. The van der Waals surface area contributed by atoms with Crippen molar-refractivity contribution >= 4 is 17.6 Å². The molecule has 1 aromatic carbocycles. The molecule has 5 nitrogen and oxygen atoms in total. The van der Waals surface area contributed by atoms with Gasteiger partial charge in [0.2, 0.25) is 5.91 Å². The quantitative estimate of drug-likeness (QED) is 0.885. The Morgan fingerprint density at radius 3 is 2.61 bits per heavy atom. The van der Waals surface area contributed by atoms with E-state index in [2.05, 4.69) is 5.32 Å². The van der Waals surface area contributed by atoms with Crippen molar-refractivity contribution in [1.82, 2.24) is 5.32 Å². The van der Waals surface area contributed by atoms with Crippen molar-refractivity contribution in [3.63, 3.8) is 0 Å². The van der Waals surface area contributed by atoms with E-state index >= 15 is 0 Å². The Kier molecular flexibility index (Phi) is 3.82. The smallest absolute Gasteiger partial charge is 0.328 e. The number of benzene rings is 1. The van der Waals surface area contributed by atoms with E-state index in [0.717, 1.165) is 17.9 Å². The predicted octanol–water partition coefficient (Wildman–Crippen LogP) is 1.92. The molecule has 1 fully saturated rings. The molecule has 5 heteroatoms. The molecule has 1 N–H and O–H groups in total. The summed E-state index contributed by atoms with van der Waals surface area (Å²) in [6.45, 7) is 3.14. The minimum Gasteiger partial charge on any atom is -0.494 e. The summed E-state index contributed by atoms with van der Waals surface area (Å²) in [7, 11) is 0. The van der Waals surface area contributed by atoms with Gasteiger partial charge in [0.05, 0.1) is 6.61 Å². The Morgan fingerprint density at radius 1 is 1.28 bits per heavy atom. The number of imide groups is 1. The number of hydrogen-bond donors (Lipinski definition) is 1.